The molecule has 0 fully saturated rings. The number of rotatable bonds is 3. The summed E-state index contributed by atoms with van der Waals surface area (Å²) in [6.45, 7) is 2.20. The number of benzene rings is 2. The summed E-state index contributed by atoms with van der Waals surface area (Å²) in [5.41, 5.74) is 3.94. The average Bonchev–Trinajstić information content (AvgIpc) is 2.49. The second-order valence-corrected chi connectivity index (χ2v) is 5.63. The van der Waals surface area contributed by atoms with Gasteiger partial charge in [-0.1, -0.05) is 36.4 Å². The number of hydrogen-bond donors (Lipinski definition) is 2. The van der Waals surface area contributed by atoms with Gasteiger partial charge < -0.3 is 10.4 Å². The van der Waals surface area contributed by atoms with E-state index < -0.39 is 0 Å². The monoisotopic (exact) mass is 267 g/mol. The van der Waals surface area contributed by atoms with Gasteiger partial charge in [0.1, 0.15) is 5.75 Å². The van der Waals surface area contributed by atoms with Gasteiger partial charge in [0.2, 0.25) is 0 Å². The number of phenolic OH excluding ortho intramolecular Hbond substituents is 1. The molecule has 0 amide bonds. The minimum atomic E-state index is 0.314. The molecule has 0 saturated carbocycles. The van der Waals surface area contributed by atoms with Crippen molar-refractivity contribution in [3.8, 4) is 5.75 Å². The molecule has 2 aromatic rings. The van der Waals surface area contributed by atoms with Crippen LogP contribution in [-0.2, 0) is 6.42 Å². The van der Waals surface area contributed by atoms with Crippen LogP contribution in [0.2, 0.25) is 0 Å². The van der Waals surface area contributed by atoms with Crippen molar-refractivity contribution in [2.75, 3.05) is 0 Å². The van der Waals surface area contributed by atoms with Crippen molar-refractivity contribution in [2.45, 2.75) is 38.3 Å². The van der Waals surface area contributed by atoms with Crippen molar-refractivity contribution in [2.24, 2.45) is 0 Å². The van der Waals surface area contributed by atoms with Gasteiger partial charge in [-0.15, -0.1) is 0 Å². The predicted octanol–water partition coefficient (Wildman–Crippen LogP) is 4.12. The van der Waals surface area contributed by atoms with Gasteiger partial charge in [-0.05, 0) is 55.0 Å². The zero-order valence-corrected chi connectivity index (χ0v) is 11.8. The van der Waals surface area contributed by atoms with Crippen LogP contribution in [-0.4, -0.2) is 5.11 Å². The Morgan fingerprint density at radius 3 is 2.75 bits per heavy atom. The lowest BCUT2D eigenvalue weighted by molar-refractivity contribution is 0.411. The molecule has 0 saturated heterocycles. The second-order valence-electron chi connectivity index (χ2n) is 5.63. The number of aryl methyl sites for hydroxylation is 1. The molecule has 2 heteroatoms. The molecule has 1 aliphatic rings. The summed E-state index contributed by atoms with van der Waals surface area (Å²) in [4.78, 5) is 0. The molecule has 20 heavy (non-hydrogen) atoms. The van der Waals surface area contributed by atoms with Crippen molar-refractivity contribution in [1.29, 1.82) is 0 Å². The van der Waals surface area contributed by atoms with Gasteiger partial charge in [0.05, 0.1) is 0 Å². The molecule has 1 aliphatic carbocycles. The van der Waals surface area contributed by atoms with Crippen LogP contribution in [0.1, 0.15) is 48.5 Å². The molecule has 0 bridgehead atoms. The van der Waals surface area contributed by atoms with Gasteiger partial charge in [0.15, 0.2) is 0 Å². The van der Waals surface area contributed by atoms with Crippen LogP contribution in [0, 0.1) is 0 Å². The molecule has 2 N–H and O–H groups in total. The van der Waals surface area contributed by atoms with Gasteiger partial charge in [0.25, 0.3) is 0 Å². The fourth-order valence-corrected chi connectivity index (χ4v) is 3.10. The largest absolute Gasteiger partial charge is 0.508 e. The Labute approximate surface area is 120 Å². The lowest BCUT2D eigenvalue weighted by Gasteiger charge is -2.29. The lowest BCUT2D eigenvalue weighted by atomic mass is 9.87. The molecular weight excluding hydrogens is 246 g/mol. The smallest absolute Gasteiger partial charge is 0.115 e. The maximum Gasteiger partial charge on any atom is 0.115 e. The molecule has 2 atom stereocenters. The van der Waals surface area contributed by atoms with E-state index in [-0.39, 0.29) is 0 Å². The Balaban J connectivity index is 1.81. The molecule has 0 aliphatic heterocycles. The third-order valence-electron chi connectivity index (χ3n) is 4.19. The number of aromatic hydroxyl groups is 1. The van der Waals surface area contributed by atoms with Crippen molar-refractivity contribution < 1.29 is 5.11 Å². The highest BCUT2D eigenvalue weighted by Gasteiger charge is 2.22. The highest BCUT2D eigenvalue weighted by molar-refractivity contribution is 5.38. The van der Waals surface area contributed by atoms with E-state index in [1.165, 1.54) is 23.1 Å². The summed E-state index contributed by atoms with van der Waals surface area (Å²) in [5.74, 6) is 0.366. The van der Waals surface area contributed by atoms with Gasteiger partial charge in [0, 0.05) is 12.1 Å². The van der Waals surface area contributed by atoms with E-state index in [1.54, 1.807) is 6.07 Å². The molecule has 0 spiro atoms. The highest BCUT2D eigenvalue weighted by Crippen LogP contribution is 2.33. The summed E-state index contributed by atoms with van der Waals surface area (Å²) >= 11 is 0. The fourth-order valence-electron chi connectivity index (χ4n) is 3.10. The van der Waals surface area contributed by atoms with Crippen LogP contribution in [0.4, 0.5) is 0 Å². The number of fused-ring (bicyclic) bond motifs is 1. The summed E-state index contributed by atoms with van der Waals surface area (Å²) in [5, 5.41) is 13.4. The number of phenols is 1. The summed E-state index contributed by atoms with van der Waals surface area (Å²) < 4.78 is 0. The molecule has 0 heterocycles. The summed E-state index contributed by atoms with van der Waals surface area (Å²) in [6.07, 6.45) is 3.46. The first-order chi connectivity index (χ1) is 9.74. The predicted molar refractivity (Wildman–Crippen MR) is 81.8 cm³/mol. The van der Waals surface area contributed by atoms with Gasteiger partial charge in [-0.25, -0.2) is 0 Å². The molecule has 0 aromatic heterocycles. The molecule has 2 aromatic carbocycles. The van der Waals surface area contributed by atoms with Crippen LogP contribution in [0.5, 0.6) is 5.75 Å². The van der Waals surface area contributed by atoms with E-state index in [2.05, 4.69) is 42.6 Å². The molecule has 3 rings (SSSR count). The third kappa shape index (κ3) is 2.70. The summed E-state index contributed by atoms with van der Waals surface area (Å²) in [6, 6.07) is 16.9. The van der Waals surface area contributed by atoms with Crippen molar-refractivity contribution in [3.05, 3.63) is 65.2 Å². The second kappa shape index (κ2) is 5.68. The van der Waals surface area contributed by atoms with Crippen molar-refractivity contribution >= 4 is 0 Å². The Kier molecular flexibility index (Phi) is 3.75. The fraction of sp³-hybridized carbons (Fsp3) is 0.333. The Morgan fingerprint density at radius 2 is 1.95 bits per heavy atom. The Morgan fingerprint density at radius 1 is 1.15 bits per heavy atom. The molecule has 104 valence electrons. The highest BCUT2D eigenvalue weighted by atomic mass is 16.3. The standard InChI is InChI=1S/C18H21NO/c1-13(14-6-3-2-4-7-14)19-18-9-5-8-15-10-11-16(20)12-17(15)18/h2-4,6-7,10-13,18-20H,5,8-9H2,1H3. The third-order valence-corrected chi connectivity index (χ3v) is 4.19. The maximum absolute atomic E-state index is 9.73. The Bertz CT molecular complexity index is 579. The van der Waals surface area contributed by atoms with E-state index in [4.69, 9.17) is 0 Å². The van der Waals surface area contributed by atoms with Crippen molar-refractivity contribution in [3.63, 3.8) is 0 Å². The van der Waals surface area contributed by atoms with E-state index >= 15 is 0 Å². The average molecular weight is 267 g/mol. The van der Waals surface area contributed by atoms with Gasteiger partial charge in [-0.3, -0.25) is 0 Å². The van der Waals surface area contributed by atoms with Crippen LogP contribution in [0.15, 0.2) is 48.5 Å². The zero-order valence-electron chi connectivity index (χ0n) is 11.8. The minimum Gasteiger partial charge on any atom is -0.508 e. The molecule has 2 nitrogen and oxygen atoms in total. The first-order valence-electron chi connectivity index (χ1n) is 7.37. The van der Waals surface area contributed by atoms with Gasteiger partial charge >= 0.3 is 0 Å². The van der Waals surface area contributed by atoms with Crippen LogP contribution < -0.4 is 5.32 Å². The topological polar surface area (TPSA) is 32.3 Å². The molecule has 2 unspecified atom stereocenters. The van der Waals surface area contributed by atoms with E-state index in [9.17, 15) is 5.11 Å². The number of hydrogen-bond acceptors (Lipinski definition) is 2. The quantitative estimate of drug-likeness (QED) is 0.876. The normalized spacial score (nSPS) is 19.4. The zero-order chi connectivity index (χ0) is 13.9. The van der Waals surface area contributed by atoms with E-state index in [0.717, 1.165) is 12.8 Å². The minimum absolute atomic E-state index is 0.314. The lowest BCUT2D eigenvalue weighted by Crippen LogP contribution is -2.27. The Hall–Kier alpha value is -1.80. The van der Waals surface area contributed by atoms with E-state index in [1.807, 2.05) is 12.1 Å². The van der Waals surface area contributed by atoms with E-state index in [0.29, 0.717) is 17.8 Å². The van der Waals surface area contributed by atoms with Crippen LogP contribution >= 0.6 is 0 Å². The van der Waals surface area contributed by atoms with Crippen LogP contribution in [0.3, 0.4) is 0 Å². The summed E-state index contributed by atoms with van der Waals surface area (Å²) in [7, 11) is 0. The SMILES string of the molecule is CC(NC1CCCc2ccc(O)cc21)c1ccccc1. The first kappa shape index (κ1) is 13.2. The van der Waals surface area contributed by atoms with Crippen molar-refractivity contribution in [1.82, 2.24) is 5.32 Å². The van der Waals surface area contributed by atoms with Crippen LogP contribution in [0.25, 0.3) is 0 Å². The molecule has 0 radical (unpaired) electrons. The maximum atomic E-state index is 9.73. The molecular formula is C18H21NO. The van der Waals surface area contributed by atoms with Gasteiger partial charge in [-0.2, -0.15) is 0 Å². The first-order valence-corrected chi connectivity index (χ1v) is 7.37. The number of nitrogens with one attached hydrogen (secondary N) is 1.